The maximum atomic E-state index is 12.6. The van der Waals surface area contributed by atoms with Crippen LogP contribution in [0.5, 0.6) is 0 Å². The van der Waals surface area contributed by atoms with Crippen LogP contribution in [0.15, 0.2) is 47.1 Å². The van der Waals surface area contributed by atoms with Gasteiger partial charge in [-0.05, 0) is 31.2 Å². The molecule has 1 saturated heterocycles. The van der Waals surface area contributed by atoms with Crippen LogP contribution >= 0.6 is 22.9 Å². The third-order valence-corrected chi connectivity index (χ3v) is 5.79. The second kappa shape index (κ2) is 7.77. The number of hydrogen-bond donors (Lipinski definition) is 1. The fourth-order valence-electron chi connectivity index (χ4n) is 3.22. The minimum Gasteiger partial charge on any atom is -0.467 e. The van der Waals surface area contributed by atoms with Crippen molar-refractivity contribution in [2.45, 2.75) is 19.9 Å². The number of thiazole rings is 1. The van der Waals surface area contributed by atoms with Gasteiger partial charge in [0.15, 0.2) is 5.13 Å². The Balaban J connectivity index is 1.42. The molecule has 144 valence electrons. The van der Waals surface area contributed by atoms with Crippen LogP contribution in [0.25, 0.3) is 11.3 Å². The number of nitrogens with zero attached hydrogens (tertiary/aromatic N) is 2. The molecule has 28 heavy (non-hydrogen) atoms. The molecule has 6 nitrogen and oxygen atoms in total. The standard InChI is InChI=1S/C20H18ClN3O3S/c1-12-18(13-4-6-15(21)7-5-13)22-20(28-12)23-19(26)14-9-17(25)24(10-14)11-16-3-2-8-27-16/h2-8,14H,9-11H2,1H3,(H,22,23,26)/t14-/m0/s1. The molecule has 3 aromatic rings. The van der Waals surface area contributed by atoms with E-state index in [1.54, 1.807) is 17.2 Å². The number of halogens is 1. The highest BCUT2D eigenvalue weighted by molar-refractivity contribution is 7.16. The van der Waals surface area contributed by atoms with E-state index in [0.29, 0.717) is 29.0 Å². The normalized spacial score (nSPS) is 16.6. The summed E-state index contributed by atoms with van der Waals surface area (Å²) in [4.78, 5) is 32.1. The van der Waals surface area contributed by atoms with Crippen LogP contribution in [0.2, 0.25) is 5.02 Å². The molecule has 2 amide bonds. The lowest BCUT2D eigenvalue weighted by atomic mass is 10.1. The first kappa shape index (κ1) is 18.7. The van der Waals surface area contributed by atoms with Crippen molar-refractivity contribution in [2.75, 3.05) is 11.9 Å². The molecule has 1 aromatic carbocycles. The Morgan fingerprint density at radius 2 is 2.14 bits per heavy atom. The number of aromatic nitrogens is 1. The van der Waals surface area contributed by atoms with Gasteiger partial charge < -0.3 is 14.6 Å². The summed E-state index contributed by atoms with van der Waals surface area (Å²) in [5.41, 5.74) is 1.76. The summed E-state index contributed by atoms with van der Waals surface area (Å²) in [7, 11) is 0. The van der Waals surface area contributed by atoms with E-state index in [2.05, 4.69) is 10.3 Å². The van der Waals surface area contributed by atoms with Gasteiger partial charge in [-0.25, -0.2) is 4.98 Å². The number of furan rings is 1. The van der Waals surface area contributed by atoms with E-state index in [1.165, 1.54) is 11.3 Å². The summed E-state index contributed by atoms with van der Waals surface area (Å²) < 4.78 is 5.29. The summed E-state index contributed by atoms with van der Waals surface area (Å²) in [5, 5.41) is 4.06. The third kappa shape index (κ3) is 3.95. The molecule has 0 bridgehead atoms. The minimum absolute atomic E-state index is 0.0475. The number of hydrogen-bond acceptors (Lipinski definition) is 5. The molecule has 0 spiro atoms. The first-order chi connectivity index (χ1) is 13.5. The van der Waals surface area contributed by atoms with E-state index in [4.69, 9.17) is 16.0 Å². The van der Waals surface area contributed by atoms with Crippen molar-refractivity contribution in [1.82, 2.24) is 9.88 Å². The van der Waals surface area contributed by atoms with Crippen molar-refractivity contribution in [1.29, 1.82) is 0 Å². The maximum absolute atomic E-state index is 12.6. The van der Waals surface area contributed by atoms with Crippen LogP contribution in [0.3, 0.4) is 0 Å². The summed E-state index contributed by atoms with van der Waals surface area (Å²) in [6.45, 7) is 2.72. The smallest absolute Gasteiger partial charge is 0.231 e. The fraction of sp³-hybridized carbons (Fsp3) is 0.250. The molecular formula is C20H18ClN3O3S. The van der Waals surface area contributed by atoms with Crippen molar-refractivity contribution in [3.05, 3.63) is 58.3 Å². The quantitative estimate of drug-likeness (QED) is 0.672. The predicted molar refractivity (Wildman–Crippen MR) is 108 cm³/mol. The first-order valence-electron chi connectivity index (χ1n) is 8.84. The third-order valence-electron chi connectivity index (χ3n) is 4.66. The number of likely N-dealkylation sites (tertiary alicyclic amines) is 1. The average Bonchev–Trinajstić information content (AvgIpc) is 3.38. The van der Waals surface area contributed by atoms with Gasteiger partial charge >= 0.3 is 0 Å². The Hall–Kier alpha value is -2.64. The summed E-state index contributed by atoms with van der Waals surface area (Å²) >= 11 is 7.36. The van der Waals surface area contributed by atoms with E-state index < -0.39 is 5.92 Å². The van der Waals surface area contributed by atoms with Crippen molar-refractivity contribution < 1.29 is 14.0 Å². The molecule has 0 unspecified atom stereocenters. The molecule has 2 aromatic heterocycles. The molecule has 1 fully saturated rings. The lowest BCUT2D eigenvalue weighted by molar-refractivity contribution is -0.128. The maximum Gasteiger partial charge on any atom is 0.231 e. The Labute approximate surface area is 171 Å². The minimum atomic E-state index is -0.398. The Kier molecular flexibility index (Phi) is 5.19. The number of nitrogens with one attached hydrogen (secondary N) is 1. The number of carbonyl (C=O) groups excluding carboxylic acids is 2. The Morgan fingerprint density at radius 3 is 2.86 bits per heavy atom. The highest BCUT2D eigenvalue weighted by Crippen LogP contribution is 2.32. The van der Waals surface area contributed by atoms with Crippen molar-refractivity contribution in [3.63, 3.8) is 0 Å². The number of aryl methyl sites for hydroxylation is 1. The fourth-order valence-corrected chi connectivity index (χ4v) is 4.19. The number of anilines is 1. The Morgan fingerprint density at radius 1 is 1.36 bits per heavy atom. The largest absolute Gasteiger partial charge is 0.467 e. The van der Waals surface area contributed by atoms with Crippen LogP contribution in [0.1, 0.15) is 17.1 Å². The van der Waals surface area contributed by atoms with Gasteiger partial charge in [-0.15, -0.1) is 11.3 Å². The topological polar surface area (TPSA) is 75.4 Å². The lowest BCUT2D eigenvalue weighted by Crippen LogP contribution is -2.27. The van der Waals surface area contributed by atoms with E-state index in [1.807, 2.05) is 37.3 Å². The van der Waals surface area contributed by atoms with Gasteiger partial charge in [0.1, 0.15) is 5.76 Å². The van der Waals surface area contributed by atoms with E-state index in [0.717, 1.165) is 16.1 Å². The van der Waals surface area contributed by atoms with Crippen LogP contribution in [-0.2, 0) is 16.1 Å². The van der Waals surface area contributed by atoms with Gasteiger partial charge in [-0.1, -0.05) is 23.7 Å². The zero-order valence-electron chi connectivity index (χ0n) is 15.1. The SMILES string of the molecule is Cc1sc(NC(=O)[C@H]2CC(=O)N(Cc3ccco3)C2)nc1-c1ccc(Cl)cc1. The van der Waals surface area contributed by atoms with Crippen molar-refractivity contribution >= 4 is 39.9 Å². The summed E-state index contributed by atoms with van der Waals surface area (Å²) in [6, 6.07) is 11.0. The molecule has 1 N–H and O–H groups in total. The molecular weight excluding hydrogens is 398 g/mol. The zero-order valence-corrected chi connectivity index (χ0v) is 16.7. The Bertz CT molecular complexity index is 998. The van der Waals surface area contributed by atoms with E-state index in [9.17, 15) is 9.59 Å². The molecule has 0 radical (unpaired) electrons. The average molecular weight is 416 g/mol. The van der Waals surface area contributed by atoms with Crippen LogP contribution < -0.4 is 5.32 Å². The molecule has 8 heteroatoms. The summed E-state index contributed by atoms with van der Waals surface area (Å²) in [5.74, 6) is 0.0728. The van der Waals surface area contributed by atoms with E-state index in [-0.39, 0.29) is 18.2 Å². The van der Waals surface area contributed by atoms with Gasteiger partial charge in [0.2, 0.25) is 11.8 Å². The van der Waals surface area contributed by atoms with Gasteiger partial charge in [0, 0.05) is 28.4 Å². The second-order valence-electron chi connectivity index (χ2n) is 6.67. The molecule has 1 aliphatic rings. The number of benzene rings is 1. The van der Waals surface area contributed by atoms with E-state index >= 15 is 0 Å². The molecule has 4 rings (SSSR count). The molecule has 3 heterocycles. The first-order valence-corrected chi connectivity index (χ1v) is 10.0. The number of carbonyl (C=O) groups is 2. The van der Waals surface area contributed by atoms with Gasteiger partial charge in [-0.3, -0.25) is 9.59 Å². The highest BCUT2D eigenvalue weighted by atomic mass is 35.5. The highest BCUT2D eigenvalue weighted by Gasteiger charge is 2.35. The molecule has 1 aliphatic heterocycles. The zero-order chi connectivity index (χ0) is 19.7. The molecule has 0 saturated carbocycles. The predicted octanol–water partition coefficient (Wildman–Crippen LogP) is 4.35. The van der Waals surface area contributed by atoms with Crippen LogP contribution in [-0.4, -0.2) is 28.2 Å². The monoisotopic (exact) mass is 415 g/mol. The van der Waals surface area contributed by atoms with Crippen LogP contribution in [0.4, 0.5) is 5.13 Å². The number of amides is 2. The lowest BCUT2D eigenvalue weighted by Gasteiger charge is -2.14. The second-order valence-corrected chi connectivity index (χ2v) is 8.31. The molecule has 1 atom stereocenters. The van der Waals surface area contributed by atoms with Gasteiger partial charge in [-0.2, -0.15) is 0 Å². The van der Waals surface area contributed by atoms with Gasteiger partial charge in [0.05, 0.1) is 24.4 Å². The van der Waals surface area contributed by atoms with Gasteiger partial charge in [0.25, 0.3) is 0 Å². The van der Waals surface area contributed by atoms with Crippen molar-refractivity contribution in [2.24, 2.45) is 5.92 Å². The summed E-state index contributed by atoms with van der Waals surface area (Å²) in [6.07, 6.45) is 1.77. The molecule has 0 aliphatic carbocycles. The van der Waals surface area contributed by atoms with Crippen molar-refractivity contribution in [3.8, 4) is 11.3 Å². The van der Waals surface area contributed by atoms with Crippen LogP contribution in [0, 0.1) is 12.8 Å². The number of rotatable bonds is 5.